The molecular formula is C14H19N3O. The van der Waals surface area contributed by atoms with Crippen molar-refractivity contribution in [3.63, 3.8) is 0 Å². The number of nitrogens with two attached hydrogens (primary N) is 1. The summed E-state index contributed by atoms with van der Waals surface area (Å²) in [4.78, 5) is 0. The number of nitrogens with zero attached hydrogens (tertiary/aromatic N) is 2. The molecule has 2 aromatic rings. The van der Waals surface area contributed by atoms with Crippen LogP contribution in [0.1, 0.15) is 17.2 Å². The maximum Gasteiger partial charge on any atom is 0.159 e. The largest absolute Gasteiger partial charge is 0.493 e. The summed E-state index contributed by atoms with van der Waals surface area (Å²) in [5.41, 5.74) is 8.23. The van der Waals surface area contributed by atoms with E-state index < -0.39 is 0 Å². The van der Waals surface area contributed by atoms with E-state index in [1.807, 2.05) is 29.9 Å². The number of benzene rings is 1. The summed E-state index contributed by atoms with van der Waals surface area (Å²) in [7, 11) is 3.59. The second kappa shape index (κ2) is 5.69. The Morgan fingerprint density at radius 2 is 2.06 bits per heavy atom. The van der Waals surface area contributed by atoms with Crippen LogP contribution in [0.15, 0.2) is 36.5 Å². The van der Waals surface area contributed by atoms with Gasteiger partial charge in [-0.2, -0.15) is 5.10 Å². The first-order valence-electron chi connectivity index (χ1n) is 6.06. The van der Waals surface area contributed by atoms with Crippen LogP contribution < -0.4 is 10.5 Å². The van der Waals surface area contributed by atoms with Gasteiger partial charge in [-0.05, 0) is 12.1 Å². The van der Waals surface area contributed by atoms with Gasteiger partial charge in [-0.1, -0.05) is 30.3 Å². The molecule has 0 saturated heterocycles. The predicted molar refractivity (Wildman–Crippen MR) is 71.7 cm³/mol. The lowest BCUT2D eigenvalue weighted by Crippen LogP contribution is -2.17. The molecule has 1 atom stereocenters. The normalized spacial score (nSPS) is 12.4. The van der Waals surface area contributed by atoms with Crippen molar-refractivity contribution in [2.75, 3.05) is 13.7 Å². The molecular weight excluding hydrogens is 226 g/mol. The van der Waals surface area contributed by atoms with E-state index in [9.17, 15) is 0 Å². The first-order chi connectivity index (χ1) is 8.76. The number of hydrogen-bond acceptors (Lipinski definition) is 3. The maximum atomic E-state index is 5.89. The van der Waals surface area contributed by atoms with Gasteiger partial charge in [-0.15, -0.1) is 0 Å². The van der Waals surface area contributed by atoms with Gasteiger partial charge in [0.25, 0.3) is 0 Å². The minimum atomic E-state index is 0.287. The van der Waals surface area contributed by atoms with E-state index in [0.29, 0.717) is 6.54 Å². The molecule has 0 radical (unpaired) electrons. The molecule has 2 N–H and O–H groups in total. The molecule has 0 saturated carbocycles. The number of aromatic nitrogens is 2. The molecule has 1 unspecified atom stereocenters. The van der Waals surface area contributed by atoms with E-state index in [4.69, 9.17) is 10.5 Å². The summed E-state index contributed by atoms with van der Waals surface area (Å²) >= 11 is 0. The third kappa shape index (κ3) is 2.54. The first kappa shape index (κ1) is 12.6. The lowest BCUT2D eigenvalue weighted by molar-refractivity contribution is 0.406. The van der Waals surface area contributed by atoms with Gasteiger partial charge < -0.3 is 10.5 Å². The molecule has 1 heterocycles. The summed E-state index contributed by atoms with van der Waals surface area (Å²) in [5.74, 6) is 1.11. The Bertz CT molecular complexity index is 493. The monoisotopic (exact) mass is 245 g/mol. The van der Waals surface area contributed by atoms with E-state index in [1.54, 1.807) is 13.3 Å². The minimum Gasteiger partial charge on any atom is -0.493 e. The van der Waals surface area contributed by atoms with E-state index >= 15 is 0 Å². The number of rotatable bonds is 5. The Kier molecular flexibility index (Phi) is 3.99. The lowest BCUT2D eigenvalue weighted by atomic mass is 9.94. The van der Waals surface area contributed by atoms with E-state index in [0.717, 1.165) is 17.9 Å². The fraction of sp³-hybridized carbons (Fsp3) is 0.357. The summed E-state index contributed by atoms with van der Waals surface area (Å²) < 4.78 is 7.17. The Morgan fingerprint density at radius 3 is 2.67 bits per heavy atom. The second-order valence-electron chi connectivity index (χ2n) is 4.33. The molecule has 0 bridgehead atoms. The zero-order chi connectivity index (χ0) is 13.0. The van der Waals surface area contributed by atoms with Crippen LogP contribution in [0.2, 0.25) is 0 Å². The average Bonchev–Trinajstić information content (AvgIpc) is 2.77. The predicted octanol–water partition coefficient (Wildman–Crippen LogP) is 1.71. The van der Waals surface area contributed by atoms with Gasteiger partial charge >= 0.3 is 0 Å². The van der Waals surface area contributed by atoms with Crippen molar-refractivity contribution < 1.29 is 4.74 Å². The highest BCUT2D eigenvalue weighted by Gasteiger charge is 2.16. The van der Waals surface area contributed by atoms with Crippen LogP contribution in [0.4, 0.5) is 0 Å². The van der Waals surface area contributed by atoms with Crippen LogP contribution in [0, 0.1) is 0 Å². The summed E-state index contributed by atoms with van der Waals surface area (Å²) in [6.45, 7) is 0.609. The Labute approximate surface area is 107 Å². The number of ether oxygens (including phenoxy) is 1. The fourth-order valence-corrected chi connectivity index (χ4v) is 2.14. The molecule has 0 aliphatic rings. The number of hydrogen-bond donors (Lipinski definition) is 1. The molecule has 4 nitrogen and oxygen atoms in total. The SMILES string of the molecule is COc1cnn(C)c1CC(CN)c1ccccc1. The highest BCUT2D eigenvalue weighted by atomic mass is 16.5. The van der Waals surface area contributed by atoms with Crippen LogP contribution >= 0.6 is 0 Å². The summed E-state index contributed by atoms with van der Waals surface area (Å²) in [6, 6.07) is 10.3. The van der Waals surface area contributed by atoms with Crippen molar-refractivity contribution >= 4 is 0 Å². The van der Waals surface area contributed by atoms with Crippen LogP contribution in [-0.4, -0.2) is 23.4 Å². The molecule has 18 heavy (non-hydrogen) atoms. The molecule has 1 aromatic heterocycles. The van der Waals surface area contributed by atoms with Gasteiger partial charge in [-0.3, -0.25) is 4.68 Å². The smallest absolute Gasteiger partial charge is 0.159 e. The standard InChI is InChI=1S/C14H19N3O/c1-17-13(14(18-2)10-16-17)8-12(9-15)11-6-4-3-5-7-11/h3-7,10,12H,8-9,15H2,1-2H3. The van der Waals surface area contributed by atoms with Gasteiger partial charge in [0, 0.05) is 19.4 Å². The van der Waals surface area contributed by atoms with Crippen molar-refractivity contribution in [2.24, 2.45) is 12.8 Å². The van der Waals surface area contributed by atoms with Gasteiger partial charge in [0.05, 0.1) is 19.0 Å². The minimum absolute atomic E-state index is 0.287. The first-order valence-corrected chi connectivity index (χ1v) is 6.06. The van der Waals surface area contributed by atoms with Crippen molar-refractivity contribution in [3.8, 4) is 5.75 Å². The van der Waals surface area contributed by atoms with E-state index in [1.165, 1.54) is 5.56 Å². The molecule has 0 amide bonds. The van der Waals surface area contributed by atoms with Crippen molar-refractivity contribution in [1.82, 2.24) is 9.78 Å². The molecule has 2 rings (SSSR count). The van der Waals surface area contributed by atoms with E-state index in [-0.39, 0.29) is 5.92 Å². The van der Waals surface area contributed by atoms with Crippen molar-refractivity contribution in [1.29, 1.82) is 0 Å². The van der Waals surface area contributed by atoms with Crippen molar-refractivity contribution in [2.45, 2.75) is 12.3 Å². The number of aryl methyl sites for hydroxylation is 1. The summed E-state index contributed by atoms with van der Waals surface area (Å²) in [5, 5.41) is 4.22. The molecule has 4 heteroatoms. The highest BCUT2D eigenvalue weighted by Crippen LogP contribution is 2.25. The quantitative estimate of drug-likeness (QED) is 0.872. The zero-order valence-electron chi connectivity index (χ0n) is 10.8. The third-order valence-corrected chi connectivity index (χ3v) is 3.24. The van der Waals surface area contributed by atoms with Crippen LogP contribution in [-0.2, 0) is 13.5 Å². The maximum absolute atomic E-state index is 5.89. The highest BCUT2D eigenvalue weighted by molar-refractivity contribution is 5.29. The molecule has 0 fully saturated rings. The Balaban J connectivity index is 2.23. The molecule has 1 aromatic carbocycles. The number of methoxy groups -OCH3 is 1. The fourth-order valence-electron chi connectivity index (χ4n) is 2.14. The topological polar surface area (TPSA) is 53.1 Å². The third-order valence-electron chi connectivity index (χ3n) is 3.24. The zero-order valence-corrected chi connectivity index (χ0v) is 10.8. The van der Waals surface area contributed by atoms with Gasteiger partial charge in [0.2, 0.25) is 0 Å². The molecule has 0 aliphatic carbocycles. The average molecular weight is 245 g/mol. The van der Waals surface area contributed by atoms with Crippen molar-refractivity contribution in [3.05, 3.63) is 47.8 Å². The summed E-state index contributed by atoms with van der Waals surface area (Å²) in [6.07, 6.45) is 2.58. The van der Waals surface area contributed by atoms with Crippen LogP contribution in [0.5, 0.6) is 5.75 Å². The van der Waals surface area contributed by atoms with Gasteiger partial charge in [0.1, 0.15) is 0 Å². The van der Waals surface area contributed by atoms with E-state index in [2.05, 4.69) is 17.2 Å². The van der Waals surface area contributed by atoms with Gasteiger partial charge in [0.15, 0.2) is 5.75 Å². The second-order valence-corrected chi connectivity index (χ2v) is 4.33. The van der Waals surface area contributed by atoms with Gasteiger partial charge in [-0.25, -0.2) is 0 Å². The lowest BCUT2D eigenvalue weighted by Gasteiger charge is -2.16. The van der Waals surface area contributed by atoms with Crippen LogP contribution in [0.3, 0.4) is 0 Å². The van der Waals surface area contributed by atoms with Crippen LogP contribution in [0.25, 0.3) is 0 Å². The molecule has 0 spiro atoms. The molecule has 0 aliphatic heterocycles. The molecule has 96 valence electrons. The Morgan fingerprint density at radius 1 is 1.33 bits per heavy atom. The Hall–Kier alpha value is -1.81.